The Balaban J connectivity index is 0.00000256. The van der Waals surface area contributed by atoms with Gasteiger partial charge in [0, 0.05) is 18.9 Å². The number of nitrogens with zero attached hydrogens (tertiary/aromatic N) is 2. The molecule has 0 atom stereocenters. The van der Waals surface area contributed by atoms with E-state index in [1.807, 2.05) is 29.9 Å². The van der Waals surface area contributed by atoms with Crippen LogP contribution >= 0.6 is 0 Å². The van der Waals surface area contributed by atoms with Crippen LogP contribution in [0.15, 0.2) is 24.5 Å². The molecule has 0 N–H and O–H groups in total. The Morgan fingerprint density at radius 2 is 2.12 bits per heavy atom. The van der Waals surface area contributed by atoms with Gasteiger partial charge in [-0.25, -0.2) is 0 Å². The number of unbranched alkanes of at least 4 members (excludes halogenated alkanes) is 2. The highest BCUT2D eigenvalue weighted by molar-refractivity contribution is 5.69. The molecule has 1 aromatic rings. The Bertz CT molecular complexity index is 307. The molecule has 0 amide bonds. The quantitative estimate of drug-likeness (QED) is 0.350. The summed E-state index contributed by atoms with van der Waals surface area (Å²) in [6.07, 6.45) is 7.22. The van der Waals surface area contributed by atoms with Crippen molar-refractivity contribution in [2.45, 2.75) is 39.2 Å². The second kappa shape index (κ2) is 10.2. The average Bonchev–Trinajstić information content (AvgIpc) is 2.30. The predicted molar refractivity (Wildman–Crippen MR) is 59.5 cm³/mol. The number of ether oxygens (including phenoxy) is 1. The van der Waals surface area contributed by atoms with Crippen LogP contribution in [0.2, 0.25) is 0 Å². The van der Waals surface area contributed by atoms with Crippen molar-refractivity contribution in [3.05, 3.63) is 24.5 Å². The molecule has 0 aliphatic rings. The van der Waals surface area contributed by atoms with Crippen LogP contribution in [0.25, 0.3) is 0 Å². The van der Waals surface area contributed by atoms with Crippen molar-refractivity contribution in [1.29, 1.82) is 0 Å². The van der Waals surface area contributed by atoms with E-state index in [1.54, 1.807) is 6.20 Å². The van der Waals surface area contributed by atoms with Crippen molar-refractivity contribution in [3.63, 3.8) is 0 Å². The Hall–Kier alpha value is -0.970. The van der Waals surface area contributed by atoms with Crippen LogP contribution in [0.4, 0.5) is 0 Å². The lowest BCUT2D eigenvalue weighted by molar-refractivity contribution is -0.754. The van der Waals surface area contributed by atoms with E-state index in [0.29, 0.717) is 13.0 Å². The SMILES string of the molecule is CCOC(=O)CCCCC[n+]1ccccn1.[Br-]. The first kappa shape index (κ1) is 16.0. The summed E-state index contributed by atoms with van der Waals surface area (Å²) in [6.45, 7) is 3.21. The molecular formula is C12H19BrN2O2. The van der Waals surface area contributed by atoms with E-state index < -0.39 is 0 Å². The van der Waals surface area contributed by atoms with E-state index in [-0.39, 0.29) is 23.0 Å². The minimum absolute atomic E-state index is 0. The van der Waals surface area contributed by atoms with Crippen LogP contribution in [0.5, 0.6) is 0 Å². The number of halogens is 1. The van der Waals surface area contributed by atoms with Crippen LogP contribution in [0.1, 0.15) is 32.6 Å². The lowest BCUT2D eigenvalue weighted by Gasteiger charge is -2.00. The third-order valence-electron chi connectivity index (χ3n) is 2.24. The first-order chi connectivity index (χ1) is 7.83. The van der Waals surface area contributed by atoms with Gasteiger partial charge in [0.05, 0.1) is 12.8 Å². The Morgan fingerprint density at radius 3 is 2.76 bits per heavy atom. The monoisotopic (exact) mass is 302 g/mol. The van der Waals surface area contributed by atoms with Crippen LogP contribution in [0, 0.1) is 0 Å². The number of rotatable bonds is 7. The Labute approximate surface area is 113 Å². The molecule has 0 aromatic carbocycles. The molecule has 0 bridgehead atoms. The zero-order chi connectivity index (χ0) is 11.6. The fraction of sp³-hybridized carbons (Fsp3) is 0.583. The predicted octanol–water partition coefficient (Wildman–Crippen LogP) is -1.50. The number of carbonyl (C=O) groups is 1. The molecule has 0 aliphatic carbocycles. The van der Waals surface area contributed by atoms with E-state index in [4.69, 9.17) is 4.74 Å². The smallest absolute Gasteiger partial charge is 0.305 e. The molecule has 0 unspecified atom stereocenters. The molecule has 0 fully saturated rings. The van der Waals surface area contributed by atoms with Crippen molar-refractivity contribution in [3.8, 4) is 0 Å². The van der Waals surface area contributed by atoms with Crippen molar-refractivity contribution in [2.75, 3.05) is 6.61 Å². The van der Waals surface area contributed by atoms with Crippen LogP contribution in [0.3, 0.4) is 0 Å². The minimum Gasteiger partial charge on any atom is -1.00 e. The van der Waals surface area contributed by atoms with E-state index in [9.17, 15) is 4.79 Å². The molecule has 0 saturated heterocycles. The summed E-state index contributed by atoms with van der Waals surface area (Å²) in [5.41, 5.74) is 0. The van der Waals surface area contributed by atoms with Gasteiger partial charge in [0.25, 0.3) is 0 Å². The van der Waals surface area contributed by atoms with Crippen LogP contribution < -0.4 is 21.7 Å². The van der Waals surface area contributed by atoms with Gasteiger partial charge in [-0.1, -0.05) is 4.68 Å². The highest BCUT2D eigenvalue weighted by atomic mass is 79.9. The van der Waals surface area contributed by atoms with Gasteiger partial charge in [-0.05, 0) is 30.9 Å². The molecule has 1 aromatic heterocycles. The summed E-state index contributed by atoms with van der Waals surface area (Å²) in [5, 5.41) is 4.17. The molecule has 0 radical (unpaired) electrons. The first-order valence-corrected chi connectivity index (χ1v) is 5.79. The third-order valence-corrected chi connectivity index (χ3v) is 2.24. The summed E-state index contributed by atoms with van der Waals surface area (Å²) in [4.78, 5) is 11.0. The Morgan fingerprint density at radius 1 is 1.29 bits per heavy atom. The molecule has 1 heterocycles. The summed E-state index contributed by atoms with van der Waals surface area (Å²) >= 11 is 0. The lowest BCUT2D eigenvalue weighted by Crippen LogP contribution is -3.00. The summed E-state index contributed by atoms with van der Waals surface area (Å²) in [5.74, 6) is -0.0898. The number of aryl methyl sites for hydroxylation is 1. The van der Waals surface area contributed by atoms with E-state index >= 15 is 0 Å². The molecular weight excluding hydrogens is 284 g/mol. The third kappa shape index (κ3) is 7.85. The lowest BCUT2D eigenvalue weighted by atomic mass is 10.2. The largest absolute Gasteiger partial charge is 1.00 e. The van der Waals surface area contributed by atoms with Gasteiger partial charge in [0.15, 0.2) is 12.7 Å². The molecule has 0 aliphatic heterocycles. The molecule has 4 nitrogen and oxygen atoms in total. The number of esters is 1. The zero-order valence-electron chi connectivity index (χ0n) is 10.1. The fourth-order valence-electron chi connectivity index (χ4n) is 1.45. The van der Waals surface area contributed by atoms with Crippen molar-refractivity contribution < 1.29 is 31.2 Å². The molecule has 5 heteroatoms. The highest BCUT2D eigenvalue weighted by Gasteiger charge is 2.03. The van der Waals surface area contributed by atoms with Crippen molar-refractivity contribution in [1.82, 2.24) is 5.10 Å². The second-order valence-corrected chi connectivity index (χ2v) is 3.58. The number of hydrogen-bond donors (Lipinski definition) is 0. The van der Waals surface area contributed by atoms with Gasteiger partial charge in [0.2, 0.25) is 0 Å². The van der Waals surface area contributed by atoms with Gasteiger partial charge in [-0.15, -0.1) is 0 Å². The normalized spacial score (nSPS) is 9.47. The van der Waals surface area contributed by atoms with Crippen LogP contribution in [-0.4, -0.2) is 17.7 Å². The second-order valence-electron chi connectivity index (χ2n) is 3.58. The fourth-order valence-corrected chi connectivity index (χ4v) is 1.45. The highest BCUT2D eigenvalue weighted by Crippen LogP contribution is 2.01. The molecule has 96 valence electrons. The molecule has 17 heavy (non-hydrogen) atoms. The van der Waals surface area contributed by atoms with Gasteiger partial charge in [-0.3, -0.25) is 4.79 Å². The van der Waals surface area contributed by atoms with Crippen molar-refractivity contribution in [2.24, 2.45) is 0 Å². The minimum atomic E-state index is -0.0898. The van der Waals surface area contributed by atoms with E-state index in [2.05, 4.69) is 5.10 Å². The summed E-state index contributed by atoms with van der Waals surface area (Å²) in [6, 6.07) is 3.86. The summed E-state index contributed by atoms with van der Waals surface area (Å²) in [7, 11) is 0. The molecule has 1 rings (SSSR count). The zero-order valence-corrected chi connectivity index (χ0v) is 11.7. The maximum atomic E-state index is 11.0. The standard InChI is InChI=1S/C12H19N2O2.BrH/c1-2-16-12(15)8-4-3-6-10-14-11-7-5-9-13-14;/h5,7,9,11H,2-4,6,8,10H2,1H3;1H/q+1;/p-1. The van der Waals surface area contributed by atoms with E-state index in [0.717, 1.165) is 25.8 Å². The number of hydrogen-bond acceptors (Lipinski definition) is 3. The number of aromatic nitrogens is 2. The average molecular weight is 303 g/mol. The maximum absolute atomic E-state index is 11.0. The first-order valence-electron chi connectivity index (χ1n) is 5.79. The van der Waals surface area contributed by atoms with Crippen molar-refractivity contribution >= 4 is 5.97 Å². The van der Waals surface area contributed by atoms with Gasteiger partial charge in [0.1, 0.15) is 0 Å². The van der Waals surface area contributed by atoms with Gasteiger partial charge >= 0.3 is 5.97 Å². The topological polar surface area (TPSA) is 43.1 Å². The van der Waals surface area contributed by atoms with Crippen LogP contribution in [-0.2, 0) is 16.1 Å². The molecule has 0 spiro atoms. The number of carbonyl (C=O) groups excluding carboxylic acids is 1. The molecule has 0 saturated carbocycles. The Kier molecular flexibility index (Phi) is 9.62. The van der Waals surface area contributed by atoms with E-state index in [1.165, 1.54) is 0 Å². The van der Waals surface area contributed by atoms with Gasteiger partial charge < -0.3 is 21.7 Å². The summed E-state index contributed by atoms with van der Waals surface area (Å²) < 4.78 is 6.76. The maximum Gasteiger partial charge on any atom is 0.305 e. The van der Waals surface area contributed by atoms with Gasteiger partial charge in [-0.2, -0.15) is 0 Å².